The predicted octanol–water partition coefficient (Wildman–Crippen LogP) is 4.64. The third-order valence-corrected chi connectivity index (χ3v) is 6.94. The van der Waals surface area contributed by atoms with Crippen molar-refractivity contribution in [1.29, 1.82) is 0 Å². The van der Waals surface area contributed by atoms with Crippen molar-refractivity contribution in [2.75, 3.05) is 26.2 Å². The largest absolute Gasteiger partial charge is 0.385 e. The van der Waals surface area contributed by atoms with E-state index in [4.69, 9.17) is 4.74 Å². The second-order valence-electron chi connectivity index (χ2n) is 9.67. The molecule has 2 fully saturated rings. The summed E-state index contributed by atoms with van der Waals surface area (Å²) in [5.41, 5.74) is 1.38. The smallest absolute Gasteiger partial charge is 0.126 e. The van der Waals surface area contributed by atoms with Gasteiger partial charge in [0.1, 0.15) is 19.2 Å². The summed E-state index contributed by atoms with van der Waals surface area (Å²) in [5.74, 6) is 2.06. The highest BCUT2D eigenvalue weighted by Crippen LogP contribution is 2.35. The number of ether oxygens (including phenoxy) is 1. The number of hydrogen-bond acceptors (Lipinski definition) is 2. The van der Waals surface area contributed by atoms with Crippen LogP contribution in [0.5, 0.6) is 0 Å². The molecule has 1 aromatic carbocycles. The molecule has 0 bridgehead atoms. The lowest BCUT2D eigenvalue weighted by molar-refractivity contribution is -0.932. The molecule has 3 rings (SSSR count). The molecular weight excluding hydrogens is 334 g/mol. The fourth-order valence-corrected chi connectivity index (χ4v) is 5.42. The Hall–Kier alpha value is -0.900. The molecule has 0 spiro atoms. The molecule has 1 aliphatic heterocycles. The van der Waals surface area contributed by atoms with Crippen molar-refractivity contribution < 1.29 is 14.3 Å². The summed E-state index contributed by atoms with van der Waals surface area (Å²) >= 11 is 0. The molecule has 3 heteroatoms. The van der Waals surface area contributed by atoms with Gasteiger partial charge in [0.2, 0.25) is 0 Å². The van der Waals surface area contributed by atoms with Crippen LogP contribution in [0, 0.1) is 17.8 Å². The average molecular weight is 375 g/mol. The van der Waals surface area contributed by atoms with Crippen molar-refractivity contribution in [2.24, 2.45) is 17.8 Å². The van der Waals surface area contributed by atoms with Gasteiger partial charge in [-0.3, -0.25) is 0 Å². The van der Waals surface area contributed by atoms with Crippen LogP contribution in [0.25, 0.3) is 0 Å². The van der Waals surface area contributed by atoms with Gasteiger partial charge < -0.3 is 14.3 Å². The Balaban J connectivity index is 1.55. The summed E-state index contributed by atoms with van der Waals surface area (Å²) in [7, 11) is 0. The van der Waals surface area contributed by atoms with E-state index in [2.05, 4.69) is 51.1 Å². The molecule has 1 saturated heterocycles. The quantitative estimate of drug-likeness (QED) is 0.672. The third-order valence-electron chi connectivity index (χ3n) is 6.94. The number of hydrogen-bond donors (Lipinski definition) is 1. The minimum absolute atomic E-state index is 0.324. The van der Waals surface area contributed by atoms with E-state index in [-0.39, 0.29) is 6.10 Å². The minimum Gasteiger partial charge on any atom is -0.385 e. The summed E-state index contributed by atoms with van der Waals surface area (Å²) in [5, 5.41) is 10.8. The second kappa shape index (κ2) is 9.54. The lowest BCUT2D eigenvalue weighted by atomic mass is 9.75. The summed E-state index contributed by atoms with van der Waals surface area (Å²) in [6.45, 7) is 11.7. The van der Waals surface area contributed by atoms with E-state index in [0.717, 1.165) is 29.9 Å². The van der Waals surface area contributed by atoms with Crippen LogP contribution >= 0.6 is 0 Å². The maximum Gasteiger partial charge on any atom is 0.126 e. The van der Waals surface area contributed by atoms with Gasteiger partial charge in [-0.1, -0.05) is 57.5 Å². The van der Waals surface area contributed by atoms with Crippen LogP contribution in [0.1, 0.15) is 58.4 Å². The topological polar surface area (TPSA) is 29.5 Å². The molecule has 152 valence electrons. The van der Waals surface area contributed by atoms with Crippen LogP contribution < -0.4 is 0 Å². The van der Waals surface area contributed by atoms with Gasteiger partial charge in [0.25, 0.3) is 0 Å². The molecule has 0 unspecified atom stereocenters. The number of quaternary nitrogens is 1. The van der Waals surface area contributed by atoms with E-state index >= 15 is 0 Å². The Kier molecular flexibility index (Phi) is 7.35. The Morgan fingerprint density at radius 2 is 1.81 bits per heavy atom. The molecule has 3 nitrogen and oxygen atoms in total. The highest BCUT2D eigenvalue weighted by atomic mass is 16.5. The maximum absolute atomic E-state index is 10.8. The van der Waals surface area contributed by atoms with Crippen molar-refractivity contribution in [1.82, 2.24) is 0 Å². The standard InChI is InChI=1S/C24H40NO2/c1-19(2)23-12-11-20(3)15-24(23)27-18-22(26)17-25(13-7-8-14-25)16-21-9-5-4-6-10-21/h4-6,9-10,19-20,22-24,26H,7-8,11-18H2,1-3H3/q+1/t20-,22-,23-,24-/m1/s1. The number of rotatable bonds is 8. The van der Waals surface area contributed by atoms with Gasteiger partial charge in [0.05, 0.1) is 25.8 Å². The predicted molar refractivity (Wildman–Crippen MR) is 111 cm³/mol. The molecule has 27 heavy (non-hydrogen) atoms. The van der Waals surface area contributed by atoms with Crippen molar-refractivity contribution >= 4 is 0 Å². The molecule has 4 atom stereocenters. The molecule has 1 aliphatic carbocycles. The van der Waals surface area contributed by atoms with Gasteiger partial charge in [-0.25, -0.2) is 0 Å². The van der Waals surface area contributed by atoms with Crippen molar-refractivity contribution in [3.05, 3.63) is 35.9 Å². The monoisotopic (exact) mass is 374 g/mol. The Bertz CT molecular complexity index is 553. The van der Waals surface area contributed by atoms with Gasteiger partial charge in [0, 0.05) is 18.4 Å². The molecule has 0 amide bonds. The van der Waals surface area contributed by atoms with Gasteiger partial charge in [-0.2, -0.15) is 0 Å². The van der Waals surface area contributed by atoms with E-state index in [1.54, 1.807) is 0 Å². The molecule has 0 radical (unpaired) electrons. The first-order valence-corrected chi connectivity index (χ1v) is 11.2. The van der Waals surface area contributed by atoms with E-state index in [1.165, 1.54) is 44.3 Å². The summed E-state index contributed by atoms with van der Waals surface area (Å²) < 4.78 is 7.35. The average Bonchev–Trinajstić information content (AvgIpc) is 3.08. The first-order valence-electron chi connectivity index (χ1n) is 11.2. The maximum atomic E-state index is 10.8. The number of aliphatic hydroxyl groups is 1. The van der Waals surface area contributed by atoms with Crippen LogP contribution in [-0.2, 0) is 11.3 Å². The van der Waals surface area contributed by atoms with E-state index < -0.39 is 0 Å². The number of aliphatic hydroxyl groups excluding tert-OH is 1. The molecule has 0 aromatic heterocycles. The second-order valence-corrected chi connectivity index (χ2v) is 9.67. The third kappa shape index (κ3) is 5.79. The highest BCUT2D eigenvalue weighted by Gasteiger charge is 2.36. The van der Waals surface area contributed by atoms with Gasteiger partial charge >= 0.3 is 0 Å². The van der Waals surface area contributed by atoms with Crippen LogP contribution in [-0.4, -0.2) is 48.0 Å². The first-order chi connectivity index (χ1) is 13.0. The van der Waals surface area contributed by atoms with Crippen LogP contribution in [0.4, 0.5) is 0 Å². The molecule has 1 saturated carbocycles. The van der Waals surface area contributed by atoms with Gasteiger partial charge in [-0.05, 0) is 30.6 Å². The van der Waals surface area contributed by atoms with Gasteiger partial charge in [-0.15, -0.1) is 0 Å². The van der Waals surface area contributed by atoms with E-state index in [9.17, 15) is 5.11 Å². The fourth-order valence-electron chi connectivity index (χ4n) is 5.42. The SMILES string of the molecule is CC(C)[C@H]1CC[C@@H](C)C[C@H]1OC[C@H](O)C[N+]1(Cc2ccccc2)CCCC1. The highest BCUT2D eigenvalue weighted by molar-refractivity contribution is 5.13. The summed E-state index contributed by atoms with van der Waals surface area (Å²) in [4.78, 5) is 0. The molecule has 2 aliphatic rings. The number of nitrogens with zero attached hydrogens (tertiary/aromatic N) is 1. The van der Waals surface area contributed by atoms with Crippen LogP contribution in [0.2, 0.25) is 0 Å². The lowest BCUT2D eigenvalue weighted by Gasteiger charge is -2.39. The zero-order chi connectivity index (χ0) is 19.3. The van der Waals surface area contributed by atoms with Crippen LogP contribution in [0.3, 0.4) is 0 Å². The Morgan fingerprint density at radius 3 is 2.48 bits per heavy atom. The fraction of sp³-hybridized carbons (Fsp3) is 0.750. The number of benzene rings is 1. The zero-order valence-electron chi connectivity index (χ0n) is 17.6. The normalized spacial score (nSPS) is 29.1. The van der Waals surface area contributed by atoms with Crippen LogP contribution in [0.15, 0.2) is 30.3 Å². The lowest BCUT2D eigenvalue weighted by Crippen LogP contribution is -2.50. The zero-order valence-corrected chi connectivity index (χ0v) is 17.6. The molecular formula is C24H40NO2+. The summed E-state index contributed by atoms with van der Waals surface area (Å²) in [6.07, 6.45) is 6.25. The number of likely N-dealkylation sites (tertiary alicyclic amines) is 1. The summed E-state index contributed by atoms with van der Waals surface area (Å²) in [6, 6.07) is 10.8. The van der Waals surface area contributed by atoms with Gasteiger partial charge in [0.15, 0.2) is 0 Å². The van der Waals surface area contributed by atoms with Crippen molar-refractivity contribution in [3.63, 3.8) is 0 Å². The Labute approximate surface area is 166 Å². The molecule has 1 N–H and O–H groups in total. The Morgan fingerprint density at radius 1 is 1.11 bits per heavy atom. The molecule has 1 aromatic rings. The minimum atomic E-state index is -0.364. The molecule has 1 heterocycles. The van der Waals surface area contributed by atoms with Crippen molar-refractivity contribution in [2.45, 2.75) is 71.6 Å². The first kappa shape index (κ1) is 20.8. The van der Waals surface area contributed by atoms with E-state index in [1.807, 2.05) is 0 Å². The van der Waals surface area contributed by atoms with Crippen molar-refractivity contribution in [3.8, 4) is 0 Å². The van der Waals surface area contributed by atoms with E-state index in [0.29, 0.717) is 24.5 Å².